The molecule has 1 N–H and O–H groups in total. The lowest BCUT2D eigenvalue weighted by atomic mass is 10.2. The Hall–Kier alpha value is -1.97. The van der Waals surface area contributed by atoms with Crippen molar-refractivity contribution in [3.8, 4) is 5.75 Å². The number of carbonyl (C=O) groups is 1. The number of aromatic nitrogens is 1. The number of ether oxygens (including phenoxy) is 1. The summed E-state index contributed by atoms with van der Waals surface area (Å²) in [6, 6.07) is 7.93. The molecule has 1 aromatic heterocycles. The Morgan fingerprint density at radius 1 is 1.41 bits per heavy atom. The van der Waals surface area contributed by atoms with Gasteiger partial charge < -0.3 is 14.6 Å². The second-order valence-electron chi connectivity index (χ2n) is 3.97. The molecule has 1 aromatic carbocycles. The summed E-state index contributed by atoms with van der Waals surface area (Å²) in [6.07, 6.45) is 0.393. The zero-order valence-corrected chi connectivity index (χ0v) is 10.3. The Bertz CT molecular complexity index is 558. The van der Waals surface area contributed by atoms with Gasteiger partial charge in [-0.1, -0.05) is 0 Å². The standard InChI is InChI=1S/C13H16N2O2/c1-14-13(16)7-10-6-9-4-5-11(17-3)8-12(9)15(10)2/h4-6,8H,7H2,1-3H3,(H,14,16). The van der Waals surface area contributed by atoms with Gasteiger partial charge in [0, 0.05) is 31.2 Å². The Morgan fingerprint density at radius 3 is 2.82 bits per heavy atom. The Morgan fingerprint density at radius 2 is 2.18 bits per heavy atom. The first-order valence-electron chi connectivity index (χ1n) is 5.48. The summed E-state index contributed by atoms with van der Waals surface area (Å²) >= 11 is 0. The third kappa shape index (κ3) is 2.11. The van der Waals surface area contributed by atoms with Crippen molar-refractivity contribution < 1.29 is 9.53 Å². The molecule has 2 aromatic rings. The highest BCUT2D eigenvalue weighted by atomic mass is 16.5. The highest BCUT2D eigenvalue weighted by molar-refractivity contribution is 5.85. The van der Waals surface area contributed by atoms with Crippen molar-refractivity contribution in [3.63, 3.8) is 0 Å². The second-order valence-corrected chi connectivity index (χ2v) is 3.97. The van der Waals surface area contributed by atoms with Gasteiger partial charge in [-0.15, -0.1) is 0 Å². The number of methoxy groups -OCH3 is 1. The molecular weight excluding hydrogens is 216 g/mol. The van der Waals surface area contributed by atoms with E-state index < -0.39 is 0 Å². The third-order valence-corrected chi connectivity index (χ3v) is 2.97. The van der Waals surface area contributed by atoms with Gasteiger partial charge in [-0.05, 0) is 18.2 Å². The van der Waals surface area contributed by atoms with E-state index in [9.17, 15) is 4.79 Å². The smallest absolute Gasteiger partial charge is 0.225 e. The van der Waals surface area contributed by atoms with Gasteiger partial charge in [-0.25, -0.2) is 0 Å². The number of benzene rings is 1. The van der Waals surface area contributed by atoms with Crippen LogP contribution in [0, 0.1) is 0 Å². The Balaban J connectivity index is 2.45. The van der Waals surface area contributed by atoms with E-state index in [2.05, 4.69) is 5.32 Å². The van der Waals surface area contributed by atoms with Crippen molar-refractivity contribution in [2.45, 2.75) is 6.42 Å². The Kier molecular flexibility index (Phi) is 3.04. The average molecular weight is 232 g/mol. The number of hydrogen-bond acceptors (Lipinski definition) is 2. The number of rotatable bonds is 3. The molecule has 1 amide bonds. The van der Waals surface area contributed by atoms with Crippen LogP contribution in [0.15, 0.2) is 24.3 Å². The largest absolute Gasteiger partial charge is 0.497 e. The van der Waals surface area contributed by atoms with Gasteiger partial charge in [-0.3, -0.25) is 4.79 Å². The molecule has 0 fully saturated rings. The van der Waals surface area contributed by atoms with E-state index in [1.165, 1.54) is 0 Å². The summed E-state index contributed by atoms with van der Waals surface area (Å²) in [7, 11) is 5.25. The van der Waals surface area contributed by atoms with Crippen LogP contribution in [0.5, 0.6) is 5.75 Å². The molecule has 0 radical (unpaired) electrons. The summed E-state index contributed by atoms with van der Waals surface area (Å²) in [5, 5.41) is 3.75. The van der Waals surface area contributed by atoms with E-state index in [1.54, 1.807) is 14.2 Å². The number of aryl methyl sites for hydroxylation is 1. The maximum atomic E-state index is 11.4. The molecule has 0 unspecified atom stereocenters. The minimum atomic E-state index is 0.0165. The van der Waals surface area contributed by atoms with Gasteiger partial charge in [0.15, 0.2) is 0 Å². The van der Waals surface area contributed by atoms with Gasteiger partial charge >= 0.3 is 0 Å². The molecule has 0 spiro atoms. The summed E-state index contributed by atoms with van der Waals surface area (Å²) in [5.74, 6) is 0.841. The van der Waals surface area contributed by atoms with Gasteiger partial charge in [0.1, 0.15) is 5.75 Å². The molecule has 0 aliphatic carbocycles. The molecular formula is C13H16N2O2. The minimum absolute atomic E-state index is 0.0165. The van der Waals surface area contributed by atoms with E-state index in [4.69, 9.17) is 4.74 Å². The minimum Gasteiger partial charge on any atom is -0.497 e. The number of fused-ring (bicyclic) bond motifs is 1. The van der Waals surface area contributed by atoms with Crippen LogP contribution >= 0.6 is 0 Å². The first-order valence-corrected chi connectivity index (χ1v) is 5.48. The molecule has 4 heteroatoms. The third-order valence-electron chi connectivity index (χ3n) is 2.97. The van der Waals surface area contributed by atoms with Gasteiger partial charge in [-0.2, -0.15) is 0 Å². The van der Waals surface area contributed by atoms with Crippen LogP contribution in [0.3, 0.4) is 0 Å². The molecule has 4 nitrogen and oxygen atoms in total. The van der Waals surface area contributed by atoms with Crippen molar-refractivity contribution >= 4 is 16.8 Å². The normalized spacial score (nSPS) is 10.5. The first-order chi connectivity index (χ1) is 8.15. The number of nitrogens with zero attached hydrogens (tertiary/aromatic N) is 1. The lowest BCUT2D eigenvalue weighted by Crippen LogP contribution is -2.21. The Labute approximate surface area is 100 Å². The maximum absolute atomic E-state index is 11.4. The van der Waals surface area contributed by atoms with E-state index >= 15 is 0 Å². The molecule has 0 aliphatic rings. The van der Waals surface area contributed by atoms with Gasteiger partial charge in [0.25, 0.3) is 0 Å². The molecule has 2 rings (SSSR count). The molecule has 0 bridgehead atoms. The highest BCUT2D eigenvalue weighted by Crippen LogP contribution is 2.23. The highest BCUT2D eigenvalue weighted by Gasteiger charge is 2.09. The number of likely N-dealkylation sites (N-methyl/N-ethyl adjacent to an activating group) is 1. The summed E-state index contributed by atoms with van der Waals surface area (Å²) in [5.41, 5.74) is 2.07. The van der Waals surface area contributed by atoms with Crippen LogP contribution in [0.1, 0.15) is 5.69 Å². The fourth-order valence-corrected chi connectivity index (χ4v) is 1.92. The summed E-state index contributed by atoms with van der Waals surface area (Å²) in [4.78, 5) is 11.4. The van der Waals surface area contributed by atoms with Gasteiger partial charge in [0.2, 0.25) is 5.91 Å². The number of amides is 1. The fourth-order valence-electron chi connectivity index (χ4n) is 1.92. The topological polar surface area (TPSA) is 43.3 Å². The number of hydrogen-bond donors (Lipinski definition) is 1. The van der Waals surface area contributed by atoms with Crippen molar-refractivity contribution in [2.24, 2.45) is 7.05 Å². The van der Waals surface area contributed by atoms with Crippen molar-refractivity contribution in [1.82, 2.24) is 9.88 Å². The maximum Gasteiger partial charge on any atom is 0.225 e. The van der Waals surface area contributed by atoms with Crippen LogP contribution in [0.2, 0.25) is 0 Å². The molecule has 90 valence electrons. The average Bonchev–Trinajstić information content (AvgIpc) is 2.66. The van der Waals surface area contributed by atoms with Crippen LogP contribution in [0.4, 0.5) is 0 Å². The van der Waals surface area contributed by atoms with E-state index in [0.717, 1.165) is 22.3 Å². The van der Waals surface area contributed by atoms with Crippen LogP contribution in [-0.2, 0) is 18.3 Å². The van der Waals surface area contributed by atoms with Crippen LogP contribution in [-0.4, -0.2) is 24.6 Å². The number of carbonyl (C=O) groups excluding carboxylic acids is 1. The SMILES string of the molecule is CNC(=O)Cc1cc2ccc(OC)cc2n1C. The molecule has 17 heavy (non-hydrogen) atoms. The molecule has 0 aliphatic heterocycles. The van der Waals surface area contributed by atoms with Crippen LogP contribution in [0.25, 0.3) is 10.9 Å². The van der Waals surface area contributed by atoms with E-state index in [1.807, 2.05) is 35.9 Å². The summed E-state index contributed by atoms with van der Waals surface area (Å²) < 4.78 is 7.22. The van der Waals surface area contributed by atoms with Crippen LogP contribution < -0.4 is 10.1 Å². The van der Waals surface area contributed by atoms with Gasteiger partial charge in [0.05, 0.1) is 19.0 Å². The predicted molar refractivity (Wildman–Crippen MR) is 67.2 cm³/mol. The molecule has 0 atom stereocenters. The second kappa shape index (κ2) is 4.49. The quantitative estimate of drug-likeness (QED) is 0.871. The first kappa shape index (κ1) is 11.5. The van der Waals surface area contributed by atoms with Crippen molar-refractivity contribution in [1.29, 1.82) is 0 Å². The lowest BCUT2D eigenvalue weighted by molar-refractivity contribution is -0.120. The molecule has 0 saturated carbocycles. The monoisotopic (exact) mass is 232 g/mol. The summed E-state index contributed by atoms with van der Waals surface area (Å²) in [6.45, 7) is 0. The fraction of sp³-hybridized carbons (Fsp3) is 0.308. The zero-order chi connectivity index (χ0) is 12.4. The zero-order valence-electron chi connectivity index (χ0n) is 10.3. The number of nitrogens with one attached hydrogen (secondary N) is 1. The van der Waals surface area contributed by atoms with E-state index in [0.29, 0.717) is 6.42 Å². The lowest BCUT2D eigenvalue weighted by Gasteiger charge is -2.04. The van der Waals surface area contributed by atoms with E-state index in [-0.39, 0.29) is 5.91 Å². The molecule has 0 saturated heterocycles. The molecule has 1 heterocycles. The van der Waals surface area contributed by atoms with Crippen molar-refractivity contribution in [3.05, 3.63) is 30.0 Å². The predicted octanol–water partition coefficient (Wildman–Crippen LogP) is 1.48. The van der Waals surface area contributed by atoms with Crippen molar-refractivity contribution in [2.75, 3.05) is 14.2 Å².